The number of aromatic nitrogens is 1. The van der Waals surface area contributed by atoms with Crippen molar-refractivity contribution in [2.24, 2.45) is 0 Å². The van der Waals surface area contributed by atoms with Gasteiger partial charge in [0, 0.05) is 16.2 Å². The fourth-order valence-electron chi connectivity index (χ4n) is 3.17. The smallest absolute Gasteiger partial charge is 0.259 e. The van der Waals surface area contributed by atoms with Crippen LogP contribution in [0.1, 0.15) is 5.56 Å². The van der Waals surface area contributed by atoms with E-state index in [9.17, 15) is 4.79 Å². The molecule has 0 bridgehead atoms. The van der Waals surface area contributed by atoms with Crippen LogP contribution in [0.15, 0.2) is 77.6 Å². The van der Waals surface area contributed by atoms with Gasteiger partial charge in [-0.1, -0.05) is 48.5 Å². The van der Waals surface area contributed by atoms with Crippen molar-refractivity contribution < 1.29 is 4.74 Å². The molecule has 0 N–H and O–H groups in total. The summed E-state index contributed by atoms with van der Waals surface area (Å²) in [5.41, 5.74) is 2.07. The molecule has 3 heteroatoms. The first-order valence-corrected chi connectivity index (χ1v) is 7.91. The molecule has 0 amide bonds. The quantitative estimate of drug-likeness (QED) is 0.530. The predicted molar refractivity (Wildman–Crippen MR) is 97.8 cm³/mol. The maximum Gasteiger partial charge on any atom is 0.259 e. The Morgan fingerprint density at radius 1 is 0.833 bits per heavy atom. The molecule has 0 spiro atoms. The number of rotatable bonds is 3. The van der Waals surface area contributed by atoms with Crippen molar-refractivity contribution in [2.75, 3.05) is 7.11 Å². The largest absolute Gasteiger partial charge is 0.497 e. The minimum atomic E-state index is 0.0233. The molecule has 0 saturated carbocycles. The molecular weight excluding hydrogens is 298 g/mol. The Kier molecular flexibility index (Phi) is 3.54. The molecule has 0 aliphatic rings. The van der Waals surface area contributed by atoms with Crippen molar-refractivity contribution in [3.05, 3.63) is 88.7 Å². The minimum absolute atomic E-state index is 0.0233. The van der Waals surface area contributed by atoms with E-state index in [1.54, 1.807) is 7.11 Å². The molecule has 0 fully saturated rings. The van der Waals surface area contributed by atoms with Gasteiger partial charge in [0.05, 0.1) is 19.2 Å². The standard InChI is InChI=1S/C21H17NO2/c1-24-16-11-12-18-19(13-16)17-9-5-6-10-20(17)22(21(18)23)14-15-7-3-2-4-8-15/h2-13H,14H2,1H3. The number of pyridine rings is 1. The van der Waals surface area contributed by atoms with Gasteiger partial charge in [-0.05, 0) is 29.8 Å². The van der Waals surface area contributed by atoms with Crippen LogP contribution in [0, 0.1) is 0 Å². The molecule has 0 atom stereocenters. The molecule has 0 unspecified atom stereocenters. The van der Waals surface area contributed by atoms with Crippen molar-refractivity contribution in [1.29, 1.82) is 0 Å². The zero-order valence-electron chi connectivity index (χ0n) is 13.4. The van der Waals surface area contributed by atoms with Gasteiger partial charge in [-0.25, -0.2) is 0 Å². The summed E-state index contributed by atoms with van der Waals surface area (Å²) in [5, 5.41) is 2.70. The molecule has 3 aromatic carbocycles. The van der Waals surface area contributed by atoms with E-state index in [0.717, 1.165) is 27.6 Å². The second-order valence-corrected chi connectivity index (χ2v) is 5.81. The lowest BCUT2D eigenvalue weighted by atomic mass is 10.1. The van der Waals surface area contributed by atoms with Crippen LogP contribution in [0.25, 0.3) is 21.7 Å². The molecule has 1 aromatic heterocycles. The summed E-state index contributed by atoms with van der Waals surface area (Å²) in [7, 11) is 1.64. The molecule has 0 radical (unpaired) electrons. The zero-order valence-corrected chi connectivity index (χ0v) is 13.4. The third-order valence-electron chi connectivity index (χ3n) is 4.37. The summed E-state index contributed by atoms with van der Waals surface area (Å²) in [6.07, 6.45) is 0. The molecule has 118 valence electrons. The summed E-state index contributed by atoms with van der Waals surface area (Å²) >= 11 is 0. The van der Waals surface area contributed by atoms with Crippen LogP contribution in [-0.4, -0.2) is 11.7 Å². The number of ether oxygens (including phenoxy) is 1. The third kappa shape index (κ3) is 2.35. The highest BCUT2D eigenvalue weighted by atomic mass is 16.5. The molecule has 4 rings (SSSR count). The van der Waals surface area contributed by atoms with E-state index in [2.05, 4.69) is 6.07 Å². The molecule has 0 aliphatic carbocycles. The average Bonchev–Trinajstić information content (AvgIpc) is 2.65. The van der Waals surface area contributed by atoms with Crippen LogP contribution < -0.4 is 10.3 Å². The normalized spacial score (nSPS) is 11.0. The summed E-state index contributed by atoms with van der Waals surface area (Å²) in [4.78, 5) is 13.1. The Labute approximate surface area is 139 Å². The highest BCUT2D eigenvalue weighted by Crippen LogP contribution is 2.26. The van der Waals surface area contributed by atoms with Crippen LogP contribution in [-0.2, 0) is 6.54 Å². The fourth-order valence-corrected chi connectivity index (χ4v) is 3.17. The fraction of sp³-hybridized carbons (Fsp3) is 0.0952. The van der Waals surface area contributed by atoms with Gasteiger partial charge >= 0.3 is 0 Å². The van der Waals surface area contributed by atoms with Gasteiger partial charge in [0.25, 0.3) is 5.56 Å². The third-order valence-corrected chi connectivity index (χ3v) is 4.37. The van der Waals surface area contributed by atoms with E-state index in [-0.39, 0.29) is 5.56 Å². The first-order valence-electron chi connectivity index (χ1n) is 7.91. The Morgan fingerprint density at radius 2 is 1.58 bits per heavy atom. The van der Waals surface area contributed by atoms with Crippen molar-refractivity contribution in [3.63, 3.8) is 0 Å². The van der Waals surface area contributed by atoms with E-state index in [1.807, 2.05) is 71.3 Å². The molecule has 3 nitrogen and oxygen atoms in total. The van der Waals surface area contributed by atoms with Crippen molar-refractivity contribution >= 4 is 21.7 Å². The van der Waals surface area contributed by atoms with Gasteiger partial charge in [0.1, 0.15) is 5.75 Å². The Balaban J connectivity index is 2.05. The second kappa shape index (κ2) is 5.85. The highest BCUT2D eigenvalue weighted by molar-refractivity contribution is 6.06. The van der Waals surface area contributed by atoms with Gasteiger partial charge in [0.2, 0.25) is 0 Å². The topological polar surface area (TPSA) is 31.2 Å². The molecule has 4 aromatic rings. The lowest BCUT2D eigenvalue weighted by Crippen LogP contribution is -2.21. The summed E-state index contributed by atoms with van der Waals surface area (Å²) < 4.78 is 7.17. The number of para-hydroxylation sites is 1. The number of hydrogen-bond acceptors (Lipinski definition) is 2. The first kappa shape index (κ1) is 14.5. The lowest BCUT2D eigenvalue weighted by molar-refractivity contribution is 0.415. The van der Waals surface area contributed by atoms with Crippen LogP contribution in [0.4, 0.5) is 0 Å². The van der Waals surface area contributed by atoms with Gasteiger partial charge in [-0.3, -0.25) is 4.79 Å². The van der Waals surface area contributed by atoms with Crippen molar-refractivity contribution in [2.45, 2.75) is 6.54 Å². The van der Waals surface area contributed by atoms with Crippen LogP contribution in [0.2, 0.25) is 0 Å². The Bertz CT molecular complexity index is 1080. The second-order valence-electron chi connectivity index (χ2n) is 5.81. The summed E-state index contributed by atoms with van der Waals surface area (Å²) in [5.74, 6) is 0.757. The number of benzene rings is 3. The maximum absolute atomic E-state index is 13.1. The molecule has 24 heavy (non-hydrogen) atoms. The first-order chi connectivity index (χ1) is 11.8. The molecular formula is C21H17NO2. The minimum Gasteiger partial charge on any atom is -0.497 e. The zero-order chi connectivity index (χ0) is 16.5. The van der Waals surface area contributed by atoms with Gasteiger partial charge in [0.15, 0.2) is 0 Å². The van der Waals surface area contributed by atoms with Crippen molar-refractivity contribution in [1.82, 2.24) is 4.57 Å². The van der Waals surface area contributed by atoms with E-state index >= 15 is 0 Å². The average molecular weight is 315 g/mol. The van der Waals surface area contributed by atoms with E-state index in [1.165, 1.54) is 0 Å². The van der Waals surface area contributed by atoms with Crippen LogP contribution in [0.3, 0.4) is 0 Å². The molecule has 0 aliphatic heterocycles. The van der Waals surface area contributed by atoms with Crippen molar-refractivity contribution in [3.8, 4) is 5.75 Å². The number of methoxy groups -OCH3 is 1. The molecule has 1 heterocycles. The van der Waals surface area contributed by atoms with Gasteiger partial charge < -0.3 is 9.30 Å². The molecule has 0 saturated heterocycles. The number of fused-ring (bicyclic) bond motifs is 3. The lowest BCUT2D eigenvalue weighted by Gasteiger charge is -2.14. The van der Waals surface area contributed by atoms with Crippen LogP contribution >= 0.6 is 0 Å². The highest BCUT2D eigenvalue weighted by Gasteiger charge is 2.11. The summed E-state index contributed by atoms with van der Waals surface area (Å²) in [6.45, 7) is 0.558. The van der Waals surface area contributed by atoms with Gasteiger partial charge in [-0.15, -0.1) is 0 Å². The van der Waals surface area contributed by atoms with Crippen LogP contribution in [0.5, 0.6) is 5.75 Å². The maximum atomic E-state index is 13.1. The predicted octanol–water partition coefficient (Wildman–Crippen LogP) is 4.21. The monoisotopic (exact) mass is 315 g/mol. The summed E-state index contributed by atoms with van der Waals surface area (Å²) in [6, 6.07) is 23.7. The van der Waals surface area contributed by atoms with Gasteiger partial charge in [-0.2, -0.15) is 0 Å². The Hall–Kier alpha value is -3.07. The van der Waals surface area contributed by atoms with E-state index in [0.29, 0.717) is 11.9 Å². The Morgan fingerprint density at radius 3 is 2.38 bits per heavy atom. The number of nitrogens with zero attached hydrogens (tertiary/aromatic N) is 1. The van der Waals surface area contributed by atoms with E-state index < -0.39 is 0 Å². The number of hydrogen-bond donors (Lipinski definition) is 0. The van der Waals surface area contributed by atoms with E-state index in [4.69, 9.17) is 4.74 Å². The SMILES string of the molecule is COc1ccc2c(=O)n(Cc3ccccc3)c3ccccc3c2c1.